The summed E-state index contributed by atoms with van der Waals surface area (Å²) in [6.45, 7) is 0.215. The van der Waals surface area contributed by atoms with Crippen LogP contribution in [0.15, 0.2) is 60.7 Å². The van der Waals surface area contributed by atoms with E-state index in [1.54, 1.807) is 0 Å². The monoisotopic (exact) mass is 276 g/mol. The summed E-state index contributed by atoms with van der Waals surface area (Å²) in [7, 11) is -3.77. The highest BCUT2D eigenvalue weighted by Gasteiger charge is 2.19. The van der Waals surface area contributed by atoms with Gasteiger partial charge in [-0.1, -0.05) is 60.7 Å². The highest BCUT2D eigenvalue weighted by molar-refractivity contribution is 7.50. The van der Waals surface area contributed by atoms with Crippen LogP contribution in [0.2, 0.25) is 0 Å². The number of nitrogens with one attached hydrogen (secondary N) is 1. The van der Waals surface area contributed by atoms with Gasteiger partial charge < -0.3 is 0 Å². The molecule has 0 aromatic heterocycles. The maximum atomic E-state index is 11.8. The maximum Gasteiger partial charge on any atom is 0.419 e. The zero-order valence-electron chi connectivity index (χ0n) is 10.4. The van der Waals surface area contributed by atoms with Crippen LogP contribution in [0, 0.1) is 0 Å². The predicted molar refractivity (Wildman–Crippen MR) is 73.2 cm³/mol. The molecular weight excluding hydrogens is 261 g/mol. The Labute approximate surface area is 112 Å². The van der Waals surface area contributed by atoms with Gasteiger partial charge in [0, 0.05) is 0 Å². The van der Waals surface area contributed by atoms with Crippen molar-refractivity contribution in [1.82, 2.24) is 5.50 Å². The smallest absolute Gasteiger partial charge is 0.291 e. The molecule has 99 valence electrons. The average Bonchev–Trinajstić information content (AvgIpc) is 2.46. The van der Waals surface area contributed by atoms with Gasteiger partial charge in [-0.25, -0.2) is 4.57 Å². The number of hydrogen-bond donors (Lipinski definition) is 0. The summed E-state index contributed by atoms with van der Waals surface area (Å²) in [5, 5.41) is 0. The predicted octanol–water partition coefficient (Wildman–Crippen LogP) is 3.81. The first-order chi connectivity index (χ1) is 9.16. The molecule has 2 aromatic rings. The Morgan fingerprint density at radius 3 is 1.53 bits per heavy atom. The van der Waals surface area contributed by atoms with E-state index in [1.165, 1.54) is 0 Å². The molecule has 5 heteroatoms. The molecule has 2 aromatic carbocycles. The SMILES string of the molecule is [NH]P(=O)(OCc1ccccc1)OCc1ccccc1. The molecule has 0 aliphatic carbocycles. The van der Waals surface area contributed by atoms with E-state index >= 15 is 0 Å². The second kappa shape index (κ2) is 6.64. The van der Waals surface area contributed by atoms with Crippen LogP contribution in [-0.4, -0.2) is 0 Å². The van der Waals surface area contributed by atoms with Gasteiger partial charge >= 0.3 is 7.75 Å². The number of hydrogen-bond acceptors (Lipinski definition) is 3. The van der Waals surface area contributed by atoms with E-state index < -0.39 is 7.75 Å². The first-order valence-electron chi connectivity index (χ1n) is 5.88. The Morgan fingerprint density at radius 1 is 0.789 bits per heavy atom. The molecule has 4 nitrogen and oxygen atoms in total. The van der Waals surface area contributed by atoms with Crippen molar-refractivity contribution in [2.24, 2.45) is 0 Å². The topological polar surface area (TPSA) is 59.3 Å². The average molecular weight is 276 g/mol. The fraction of sp³-hybridized carbons (Fsp3) is 0.143. The summed E-state index contributed by atoms with van der Waals surface area (Å²) in [5.74, 6) is 0. The second-order valence-electron chi connectivity index (χ2n) is 4.02. The van der Waals surface area contributed by atoms with Crippen molar-refractivity contribution < 1.29 is 13.6 Å². The zero-order chi connectivity index (χ0) is 13.6. The lowest BCUT2D eigenvalue weighted by molar-refractivity contribution is 0.190. The molecule has 0 unspecified atom stereocenters. The molecule has 0 amide bonds. The standard InChI is InChI=1S/C14H15NO3P/c15-19(16,17-11-13-7-3-1-4-8-13)18-12-14-9-5-2-6-10-14/h1-10,15H,11-12H2. The van der Waals surface area contributed by atoms with Crippen molar-refractivity contribution >= 4 is 7.75 Å². The Balaban J connectivity index is 1.84. The maximum absolute atomic E-state index is 11.8. The molecular formula is C14H15NO3P. The Hall–Kier alpha value is -1.45. The van der Waals surface area contributed by atoms with E-state index in [1.807, 2.05) is 60.7 Å². The van der Waals surface area contributed by atoms with Gasteiger partial charge in [0.05, 0.1) is 13.2 Å². The molecule has 0 atom stereocenters. The van der Waals surface area contributed by atoms with Crippen molar-refractivity contribution in [3.05, 3.63) is 71.8 Å². The fourth-order valence-electron chi connectivity index (χ4n) is 1.50. The van der Waals surface area contributed by atoms with Crippen molar-refractivity contribution in [1.29, 1.82) is 0 Å². The third kappa shape index (κ3) is 4.97. The lowest BCUT2D eigenvalue weighted by Gasteiger charge is -2.12. The van der Waals surface area contributed by atoms with Gasteiger partial charge in [0.2, 0.25) is 0 Å². The quantitative estimate of drug-likeness (QED) is 0.754. The Morgan fingerprint density at radius 2 is 1.16 bits per heavy atom. The van der Waals surface area contributed by atoms with Gasteiger partial charge in [0.15, 0.2) is 0 Å². The highest BCUT2D eigenvalue weighted by Crippen LogP contribution is 2.43. The molecule has 0 aliphatic heterocycles. The molecule has 0 fully saturated rings. The number of rotatable bonds is 6. The molecule has 0 bridgehead atoms. The largest absolute Gasteiger partial charge is 0.419 e. The van der Waals surface area contributed by atoms with Crippen LogP contribution in [0.1, 0.15) is 11.1 Å². The molecule has 0 spiro atoms. The summed E-state index contributed by atoms with van der Waals surface area (Å²) in [4.78, 5) is 0. The first-order valence-corrected chi connectivity index (χ1v) is 7.42. The van der Waals surface area contributed by atoms with Crippen LogP contribution >= 0.6 is 7.75 Å². The summed E-state index contributed by atoms with van der Waals surface area (Å²) in [6.07, 6.45) is 0. The normalized spacial score (nSPS) is 11.4. The van der Waals surface area contributed by atoms with Crippen LogP contribution in [0.4, 0.5) is 0 Å². The van der Waals surface area contributed by atoms with E-state index in [9.17, 15) is 4.57 Å². The van der Waals surface area contributed by atoms with E-state index in [-0.39, 0.29) is 13.2 Å². The lowest BCUT2D eigenvalue weighted by Crippen LogP contribution is -1.97. The third-order valence-corrected chi connectivity index (χ3v) is 3.43. The number of benzene rings is 2. The highest BCUT2D eigenvalue weighted by atomic mass is 31.2. The molecule has 1 N–H and O–H groups in total. The van der Waals surface area contributed by atoms with Gasteiger partial charge in [-0.15, -0.1) is 5.50 Å². The van der Waals surface area contributed by atoms with E-state index in [0.717, 1.165) is 11.1 Å². The summed E-state index contributed by atoms with van der Waals surface area (Å²) in [5.41, 5.74) is 9.25. The van der Waals surface area contributed by atoms with Crippen molar-refractivity contribution in [2.45, 2.75) is 13.2 Å². The van der Waals surface area contributed by atoms with Crippen LogP contribution < -0.4 is 5.50 Å². The molecule has 2 rings (SSSR count). The lowest BCUT2D eigenvalue weighted by atomic mass is 10.2. The van der Waals surface area contributed by atoms with Crippen LogP contribution in [0.25, 0.3) is 0 Å². The molecule has 0 saturated heterocycles. The second-order valence-corrected chi connectivity index (χ2v) is 5.53. The van der Waals surface area contributed by atoms with Gasteiger partial charge in [-0.3, -0.25) is 9.05 Å². The van der Waals surface area contributed by atoms with E-state index in [0.29, 0.717) is 0 Å². The molecule has 19 heavy (non-hydrogen) atoms. The Kier molecular flexibility index (Phi) is 4.88. The zero-order valence-corrected chi connectivity index (χ0v) is 11.3. The molecule has 1 radical (unpaired) electrons. The van der Waals surface area contributed by atoms with E-state index in [4.69, 9.17) is 14.6 Å². The van der Waals surface area contributed by atoms with E-state index in [2.05, 4.69) is 0 Å². The third-order valence-electron chi connectivity index (χ3n) is 2.49. The molecule has 0 aliphatic rings. The minimum absolute atomic E-state index is 0.108. The van der Waals surface area contributed by atoms with Crippen LogP contribution in [0.5, 0.6) is 0 Å². The van der Waals surface area contributed by atoms with Crippen LogP contribution in [-0.2, 0) is 26.8 Å². The van der Waals surface area contributed by atoms with Crippen molar-refractivity contribution in [3.8, 4) is 0 Å². The summed E-state index contributed by atoms with van der Waals surface area (Å²) in [6, 6.07) is 18.6. The summed E-state index contributed by atoms with van der Waals surface area (Å²) < 4.78 is 21.9. The van der Waals surface area contributed by atoms with Gasteiger partial charge in [0.1, 0.15) is 0 Å². The van der Waals surface area contributed by atoms with Gasteiger partial charge in [-0.2, -0.15) is 0 Å². The van der Waals surface area contributed by atoms with Crippen LogP contribution in [0.3, 0.4) is 0 Å². The van der Waals surface area contributed by atoms with Gasteiger partial charge in [-0.05, 0) is 11.1 Å². The van der Waals surface area contributed by atoms with Crippen molar-refractivity contribution in [2.75, 3.05) is 0 Å². The molecule has 0 saturated carbocycles. The van der Waals surface area contributed by atoms with Crippen molar-refractivity contribution in [3.63, 3.8) is 0 Å². The minimum atomic E-state index is -3.77. The Bertz CT molecular complexity index is 498. The first kappa shape index (κ1) is 14.0. The fourth-order valence-corrected chi connectivity index (χ4v) is 2.22. The molecule has 0 heterocycles. The summed E-state index contributed by atoms with van der Waals surface area (Å²) >= 11 is 0. The van der Waals surface area contributed by atoms with Gasteiger partial charge in [0.25, 0.3) is 0 Å². The minimum Gasteiger partial charge on any atom is -0.291 e.